The molecule has 1 amide bonds. The van der Waals surface area contributed by atoms with E-state index in [0.29, 0.717) is 30.1 Å². The Kier molecular flexibility index (Phi) is 7.09. The number of amidine groups is 1. The van der Waals surface area contributed by atoms with Crippen molar-refractivity contribution in [2.24, 2.45) is 4.99 Å². The molecule has 1 saturated carbocycles. The first-order chi connectivity index (χ1) is 15.5. The first kappa shape index (κ1) is 22.3. The van der Waals surface area contributed by atoms with Gasteiger partial charge in [0, 0.05) is 24.2 Å². The van der Waals surface area contributed by atoms with Crippen molar-refractivity contribution in [3.8, 4) is 5.75 Å². The zero-order chi connectivity index (χ0) is 22.4. The molecule has 0 bridgehead atoms. The minimum absolute atomic E-state index is 0.0857. The maximum Gasteiger partial charge on any atom is 0.262 e. The molecule has 0 radical (unpaired) electrons. The molecule has 2 N–H and O–H groups in total. The second kappa shape index (κ2) is 10.2. The summed E-state index contributed by atoms with van der Waals surface area (Å²) in [6.07, 6.45) is 8.36. The van der Waals surface area contributed by atoms with Crippen LogP contribution in [0.1, 0.15) is 61.7 Å². The molecular weight excluding hydrogens is 426 g/mol. The highest BCUT2D eigenvalue weighted by molar-refractivity contribution is 7.90. The number of benzene rings is 2. The van der Waals surface area contributed by atoms with Gasteiger partial charge < -0.3 is 10.1 Å². The van der Waals surface area contributed by atoms with Gasteiger partial charge in [-0.05, 0) is 81.0 Å². The number of hydrogen-bond acceptors (Lipinski definition) is 5. The van der Waals surface area contributed by atoms with Crippen molar-refractivity contribution in [2.45, 2.75) is 62.4 Å². The van der Waals surface area contributed by atoms with Gasteiger partial charge in [-0.3, -0.25) is 14.5 Å². The molecule has 7 nitrogen and oxygen atoms in total. The van der Waals surface area contributed by atoms with Crippen LogP contribution >= 0.6 is 0 Å². The number of carbonyl (C=O) groups excluding carboxylic acids is 1. The van der Waals surface area contributed by atoms with E-state index in [4.69, 9.17) is 4.74 Å². The molecule has 0 aromatic heterocycles. The number of hydrogen-bond donors (Lipinski definition) is 2. The summed E-state index contributed by atoms with van der Waals surface area (Å²) in [7, 11) is -3.76. The van der Waals surface area contributed by atoms with Crippen LogP contribution in [0, 0.1) is 0 Å². The molecule has 8 heteroatoms. The zero-order valence-corrected chi connectivity index (χ0v) is 18.9. The van der Waals surface area contributed by atoms with Gasteiger partial charge in [-0.15, -0.1) is 0 Å². The second-order valence-corrected chi connectivity index (χ2v) is 9.96. The number of nitrogens with zero attached hydrogens (tertiary/aromatic N) is 1. The van der Waals surface area contributed by atoms with E-state index in [2.05, 4.69) is 15.0 Å². The fourth-order valence-electron chi connectivity index (χ4n) is 4.00. The predicted molar refractivity (Wildman–Crippen MR) is 125 cm³/mol. The number of nitrogens with one attached hydrogen (secondary N) is 2. The van der Waals surface area contributed by atoms with Crippen molar-refractivity contribution >= 4 is 27.5 Å². The maximum absolute atomic E-state index is 12.8. The molecule has 1 fully saturated rings. The smallest absolute Gasteiger partial charge is 0.262 e. The molecule has 32 heavy (non-hydrogen) atoms. The lowest BCUT2D eigenvalue weighted by Gasteiger charge is -2.13. The van der Waals surface area contributed by atoms with E-state index in [1.54, 1.807) is 36.4 Å². The lowest BCUT2D eigenvalue weighted by molar-refractivity contribution is 0.102. The summed E-state index contributed by atoms with van der Waals surface area (Å²) in [6.45, 7) is 0.637. The van der Waals surface area contributed by atoms with Gasteiger partial charge in [-0.25, -0.2) is 8.42 Å². The highest BCUT2D eigenvalue weighted by atomic mass is 32.2. The monoisotopic (exact) mass is 455 g/mol. The van der Waals surface area contributed by atoms with Crippen LogP contribution in [0.3, 0.4) is 0 Å². The summed E-state index contributed by atoms with van der Waals surface area (Å²) < 4.78 is 34.1. The number of rotatable bonds is 6. The van der Waals surface area contributed by atoms with Gasteiger partial charge in [0.15, 0.2) is 0 Å². The van der Waals surface area contributed by atoms with E-state index in [1.807, 2.05) is 0 Å². The molecule has 2 aromatic rings. The van der Waals surface area contributed by atoms with E-state index in [0.717, 1.165) is 37.9 Å². The van der Waals surface area contributed by atoms with Gasteiger partial charge in [0.1, 0.15) is 11.6 Å². The lowest BCUT2D eigenvalue weighted by Crippen LogP contribution is -2.30. The topological polar surface area (TPSA) is 96.9 Å². The predicted octanol–water partition coefficient (Wildman–Crippen LogP) is 4.51. The largest absolute Gasteiger partial charge is 0.490 e. The van der Waals surface area contributed by atoms with Crippen LogP contribution in [0.4, 0.5) is 5.69 Å². The molecule has 0 unspecified atom stereocenters. The fourth-order valence-corrected chi connectivity index (χ4v) is 5.13. The quantitative estimate of drug-likeness (QED) is 0.670. The molecule has 0 atom stereocenters. The molecule has 170 valence electrons. The van der Waals surface area contributed by atoms with Gasteiger partial charge >= 0.3 is 0 Å². The first-order valence-electron chi connectivity index (χ1n) is 11.2. The number of aliphatic imine (C=N–C) groups is 1. The number of sulfonamides is 1. The normalized spacial score (nSPS) is 17.3. The minimum atomic E-state index is -3.76. The summed E-state index contributed by atoms with van der Waals surface area (Å²) in [4.78, 5) is 17.1. The van der Waals surface area contributed by atoms with E-state index in [9.17, 15) is 13.2 Å². The summed E-state index contributed by atoms with van der Waals surface area (Å²) in [6, 6.07) is 13.3. The molecule has 4 rings (SSSR count). The highest BCUT2D eigenvalue weighted by Crippen LogP contribution is 2.24. The molecule has 0 spiro atoms. The van der Waals surface area contributed by atoms with Gasteiger partial charge in [0.25, 0.3) is 15.9 Å². The van der Waals surface area contributed by atoms with Crippen molar-refractivity contribution in [3.05, 3.63) is 54.1 Å². The average Bonchev–Trinajstić information content (AvgIpc) is 3.16. The van der Waals surface area contributed by atoms with Crippen LogP contribution in [0.5, 0.6) is 5.75 Å². The average molecular weight is 456 g/mol. The van der Waals surface area contributed by atoms with Gasteiger partial charge in [0.2, 0.25) is 0 Å². The summed E-state index contributed by atoms with van der Waals surface area (Å²) in [5.41, 5.74) is 0.884. The van der Waals surface area contributed by atoms with Crippen LogP contribution in [-0.2, 0) is 10.0 Å². The Labute approximate surface area is 189 Å². The van der Waals surface area contributed by atoms with Crippen molar-refractivity contribution in [3.63, 3.8) is 0 Å². The third kappa shape index (κ3) is 5.88. The van der Waals surface area contributed by atoms with E-state index >= 15 is 0 Å². The van der Waals surface area contributed by atoms with Crippen LogP contribution in [0.25, 0.3) is 0 Å². The number of carbonyl (C=O) groups is 1. The number of anilines is 1. The maximum atomic E-state index is 12.8. The molecule has 1 aliphatic heterocycles. The van der Waals surface area contributed by atoms with Crippen LogP contribution in [-0.4, -0.2) is 32.8 Å². The third-order valence-electron chi connectivity index (χ3n) is 5.75. The molecule has 0 saturated heterocycles. The van der Waals surface area contributed by atoms with Crippen molar-refractivity contribution < 1.29 is 17.9 Å². The Morgan fingerprint density at radius 2 is 1.75 bits per heavy atom. The summed E-state index contributed by atoms with van der Waals surface area (Å²) in [5.74, 6) is 0.943. The molecule has 2 aromatic carbocycles. The fraction of sp³-hybridized carbons (Fsp3) is 0.417. The second-order valence-electron chi connectivity index (χ2n) is 8.28. The van der Waals surface area contributed by atoms with Crippen molar-refractivity contribution in [1.29, 1.82) is 0 Å². The lowest BCUT2D eigenvalue weighted by atomic mass is 10.2. The number of ether oxygens (including phenoxy) is 1. The van der Waals surface area contributed by atoms with Crippen molar-refractivity contribution in [2.75, 3.05) is 11.9 Å². The Morgan fingerprint density at radius 1 is 0.969 bits per heavy atom. The van der Waals surface area contributed by atoms with Crippen LogP contribution in [0.15, 0.2) is 58.4 Å². The van der Waals surface area contributed by atoms with E-state index < -0.39 is 10.0 Å². The first-order valence-corrected chi connectivity index (χ1v) is 12.7. The van der Waals surface area contributed by atoms with Crippen molar-refractivity contribution in [1.82, 2.24) is 4.72 Å². The van der Waals surface area contributed by atoms with Gasteiger partial charge in [-0.2, -0.15) is 0 Å². The SMILES string of the molecule is O=C(Nc1cccc(S(=O)(=O)NC2=NCCCCC2)c1)c1ccc(OC2CCCC2)cc1. The Balaban J connectivity index is 1.40. The molecular formula is C24H29N3O4S. The zero-order valence-electron chi connectivity index (χ0n) is 18.0. The molecule has 1 heterocycles. The van der Waals surface area contributed by atoms with E-state index in [-0.39, 0.29) is 16.9 Å². The minimum Gasteiger partial charge on any atom is -0.490 e. The van der Waals surface area contributed by atoms with Crippen LogP contribution < -0.4 is 14.8 Å². The summed E-state index contributed by atoms with van der Waals surface area (Å²) in [5, 5.41) is 2.77. The molecule has 1 aliphatic carbocycles. The Morgan fingerprint density at radius 3 is 2.53 bits per heavy atom. The van der Waals surface area contributed by atoms with E-state index in [1.165, 1.54) is 25.0 Å². The summed E-state index contributed by atoms with van der Waals surface area (Å²) >= 11 is 0. The standard InChI is InChI=1S/C24H29N3O4S/c28-24(18-12-14-21(15-13-18)31-20-8-3-4-9-20)26-19-7-6-10-22(17-19)32(29,30)27-23-11-2-1-5-16-25-23/h6-7,10,12-15,17,20H,1-5,8-9,11,16H2,(H,25,27)(H,26,28). The van der Waals surface area contributed by atoms with Gasteiger partial charge in [0.05, 0.1) is 11.0 Å². The van der Waals surface area contributed by atoms with Crippen LogP contribution in [0.2, 0.25) is 0 Å². The van der Waals surface area contributed by atoms with Gasteiger partial charge in [-0.1, -0.05) is 12.5 Å². The third-order valence-corrected chi connectivity index (χ3v) is 7.13. The molecule has 2 aliphatic rings. The Bertz CT molecular complexity index is 1070. The Hall–Kier alpha value is -2.87. The number of amides is 1. The highest BCUT2D eigenvalue weighted by Gasteiger charge is 2.19.